The fourth-order valence-electron chi connectivity index (χ4n) is 3.69. The number of benzene rings is 2. The Morgan fingerprint density at radius 2 is 1.44 bits per heavy atom. The fourth-order valence-corrected chi connectivity index (χ4v) is 4.27. The van der Waals surface area contributed by atoms with Crippen molar-refractivity contribution in [1.82, 2.24) is 0 Å². The van der Waals surface area contributed by atoms with E-state index in [1.807, 2.05) is 18.2 Å². The third kappa shape index (κ3) is 5.15. The van der Waals surface area contributed by atoms with Crippen molar-refractivity contribution < 1.29 is 24.0 Å². The molecule has 5 nitrogen and oxygen atoms in total. The van der Waals surface area contributed by atoms with Crippen LogP contribution in [-0.2, 0) is 13.1 Å². The summed E-state index contributed by atoms with van der Waals surface area (Å²) >= 11 is 3.58. The molecule has 1 aliphatic rings. The van der Waals surface area contributed by atoms with Gasteiger partial charge in [0.2, 0.25) is 0 Å². The van der Waals surface area contributed by atoms with E-state index >= 15 is 0 Å². The number of quaternary nitrogens is 2. The van der Waals surface area contributed by atoms with Gasteiger partial charge in [0.1, 0.15) is 56.5 Å². The van der Waals surface area contributed by atoms with Crippen molar-refractivity contribution in [3.63, 3.8) is 0 Å². The molecule has 0 atom stereocenters. The molecule has 2 aromatic carbocycles. The van der Waals surface area contributed by atoms with Gasteiger partial charge in [0.25, 0.3) is 0 Å². The van der Waals surface area contributed by atoms with E-state index in [0.717, 1.165) is 34.8 Å². The second-order valence-electron chi connectivity index (χ2n) is 7.00. The molecule has 2 aromatic rings. The Kier molecular flexibility index (Phi) is 6.99. The fraction of sp³-hybridized carbons (Fsp3) is 0.429. The van der Waals surface area contributed by atoms with Crippen molar-refractivity contribution in [2.24, 2.45) is 0 Å². The first kappa shape index (κ1) is 20.0. The zero-order chi connectivity index (χ0) is 19.2. The van der Waals surface area contributed by atoms with Crippen molar-refractivity contribution >= 4 is 15.9 Å². The van der Waals surface area contributed by atoms with Crippen molar-refractivity contribution in [3.05, 3.63) is 52.0 Å². The lowest BCUT2D eigenvalue weighted by atomic mass is 10.1. The highest BCUT2D eigenvalue weighted by atomic mass is 79.9. The van der Waals surface area contributed by atoms with Crippen LogP contribution in [0.5, 0.6) is 17.2 Å². The number of ether oxygens (including phenoxy) is 3. The molecule has 0 spiro atoms. The Hall–Kier alpha value is -1.76. The lowest BCUT2D eigenvalue weighted by Gasteiger charge is -2.30. The van der Waals surface area contributed by atoms with Gasteiger partial charge in [0, 0.05) is 17.2 Å². The average Bonchev–Trinajstić information content (AvgIpc) is 2.70. The number of methoxy groups -OCH3 is 3. The topological polar surface area (TPSA) is 36.6 Å². The first-order valence-corrected chi connectivity index (χ1v) is 10.1. The van der Waals surface area contributed by atoms with Crippen LogP contribution in [0.1, 0.15) is 11.1 Å². The van der Waals surface area contributed by atoms with Crippen LogP contribution in [-0.4, -0.2) is 47.5 Å². The Morgan fingerprint density at radius 1 is 0.778 bits per heavy atom. The van der Waals surface area contributed by atoms with Crippen LogP contribution in [0.3, 0.4) is 0 Å². The van der Waals surface area contributed by atoms with Gasteiger partial charge < -0.3 is 24.0 Å². The molecule has 0 aromatic heterocycles. The molecule has 3 rings (SSSR count). The molecule has 1 heterocycles. The molecule has 1 aliphatic heterocycles. The normalized spacial score (nSPS) is 19.6. The molecule has 0 unspecified atom stereocenters. The van der Waals surface area contributed by atoms with Crippen LogP contribution in [0.15, 0.2) is 40.9 Å². The van der Waals surface area contributed by atoms with Gasteiger partial charge in [-0.2, -0.15) is 0 Å². The Morgan fingerprint density at radius 3 is 2.04 bits per heavy atom. The second kappa shape index (κ2) is 9.44. The summed E-state index contributed by atoms with van der Waals surface area (Å²) in [6.07, 6.45) is 0. The number of piperazine rings is 1. The summed E-state index contributed by atoms with van der Waals surface area (Å²) < 4.78 is 17.2. The summed E-state index contributed by atoms with van der Waals surface area (Å²) in [5.74, 6) is 2.64. The van der Waals surface area contributed by atoms with E-state index in [-0.39, 0.29) is 0 Å². The summed E-state index contributed by atoms with van der Waals surface area (Å²) in [4.78, 5) is 3.25. The molecule has 0 radical (unpaired) electrons. The van der Waals surface area contributed by atoms with E-state index < -0.39 is 0 Å². The monoisotopic (exact) mass is 436 g/mol. The Balaban J connectivity index is 1.54. The maximum Gasteiger partial charge on any atom is 0.133 e. The molecule has 6 heteroatoms. The van der Waals surface area contributed by atoms with Crippen LogP contribution >= 0.6 is 15.9 Å². The lowest BCUT2D eigenvalue weighted by molar-refractivity contribution is -1.02. The van der Waals surface area contributed by atoms with Crippen molar-refractivity contribution in [2.45, 2.75) is 13.1 Å². The molecular formula is C21H29BrN2O3+2. The summed E-state index contributed by atoms with van der Waals surface area (Å²) in [6, 6.07) is 12.5. The Bertz CT molecular complexity index is 761. The minimum absolute atomic E-state index is 0.838. The van der Waals surface area contributed by atoms with Gasteiger partial charge in [-0.25, -0.2) is 0 Å². The third-order valence-corrected chi connectivity index (χ3v) is 5.89. The molecule has 0 bridgehead atoms. The van der Waals surface area contributed by atoms with E-state index in [2.05, 4.69) is 34.1 Å². The number of nitrogens with one attached hydrogen (secondary N) is 2. The molecule has 1 saturated heterocycles. The smallest absolute Gasteiger partial charge is 0.133 e. The molecule has 0 aliphatic carbocycles. The first-order chi connectivity index (χ1) is 13.1. The zero-order valence-corrected chi connectivity index (χ0v) is 17.9. The van der Waals surface area contributed by atoms with Crippen molar-refractivity contribution in [1.29, 1.82) is 0 Å². The van der Waals surface area contributed by atoms with E-state index in [9.17, 15) is 0 Å². The zero-order valence-electron chi connectivity index (χ0n) is 16.3. The molecule has 1 fully saturated rings. The molecule has 146 valence electrons. The van der Waals surface area contributed by atoms with Crippen LogP contribution in [0.2, 0.25) is 0 Å². The van der Waals surface area contributed by atoms with Crippen LogP contribution in [0.25, 0.3) is 0 Å². The van der Waals surface area contributed by atoms with E-state index in [4.69, 9.17) is 14.2 Å². The van der Waals surface area contributed by atoms with Gasteiger partial charge in [-0.15, -0.1) is 0 Å². The minimum Gasteiger partial charge on any atom is -0.497 e. The Labute approximate surface area is 169 Å². The number of rotatable bonds is 7. The van der Waals surface area contributed by atoms with Crippen LogP contribution in [0.4, 0.5) is 0 Å². The van der Waals surface area contributed by atoms with E-state index in [1.165, 1.54) is 37.3 Å². The van der Waals surface area contributed by atoms with Crippen molar-refractivity contribution in [2.75, 3.05) is 47.5 Å². The lowest BCUT2D eigenvalue weighted by Crippen LogP contribution is -3.27. The second-order valence-corrected chi connectivity index (χ2v) is 7.85. The predicted molar refractivity (Wildman–Crippen MR) is 109 cm³/mol. The molecule has 0 amide bonds. The van der Waals surface area contributed by atoms with E-state index in [0.29, 0.717) is 0 Å². The number of halogens is 1. The van der Waals surface area contributed by atoms with Gasteiger partial charge in [-0.05, 0) is 46.3 Å². The summed E-state index contributed by atoms with van der Waals surface area (Å²) in [5, 5.41) is 0. The van der Waals surface area contributed by atoms with Gasteiger partial charge >= 0.3 is 0 Å². The van der Waals surface area contributed by atoms with Gasteiger partial charge in [-0.1, -0.05) is 0 Å². The van der Waals surface area contributed by atoms with E-state index in [1.54, 1.807) is 31.1 Å². The molecule has 2 N–H and O–H groups in total. The maximum atomic E-state index is 5.55. The molecule has 27 heavy (non-hydrogen) atoms. The summed E-state index contributed by atoms with van der Waals surface area (Å²) in [6.45, 7) is 6.74. The quantitative estimate of drug-likeness (QED) is 0.678. The highest BCUT2D eigenvalue weighted by Gasteiger charge is 2.24. The minimum atomic E-state index is 0.838. The summed E-state index contributed by atoms with van der Waals surface area (Å²) in [7, 11) is 5.11. The standard InChI is InChI=1S/C21H27BrN2O3/c1-25-18-6-5-17(21(13-18)27-3)15-24-10-8-23(9-11-24)14-16-4-7-20(26-2)19(22)12-16/h4-7,12-13H,8-11,14-15H2,1-3H3/p+2. The predicted octanol–water partition coefficient (Wildman–Crippen LogP) is 0.959. The molecule has 0 saturated carbocycles. The molecular weight excluding hydrogens is 408 g/mol. The van der Waals surface area contributed by atoms with Crippen LogP contribution < -0.4 is 24.0 Å². The maximum absolute atomic E-state index is 5.55. The number of hydrogen-bond acceptors (Lipinski definition) is 3. The van der Waals surface area contributed by atoms with Crippen molar-refractivity contribution in [3.8, 4) is 17.2 Å². The first-order valence-electron chi connectivity index (χ1n) is 9.33. The highest BCUT2D eigenvalue weighted by molar-refractivity contribution is 9.10. The van der Waals surface area contributed by atoms with Gasteiger partial charge in [0.15, 0.2) is 0 Å². The number of hydrogen-bond donors (Lipinski definition) is 2. The average molecular weight is 437 g/mol. The van der Waals surface area contributed by atoms with Gasteiger partial charge in [-0.3, -0.25) is 0 Å². The largest absolute Gasteiger partial charge is 0.497 e. The van der Waals surface area contributed by atoms with Gasteiger partial charge in [0.05, 0.1) is 25.8 Å². The summed E-state index contributed by atoms with van der Waals surface area (Å²) in [5.41, 5.74) is 2.59. The van der Waals surface area contributed by atoms with Crippen LogP contribution in [0, 0.1) is 0 Å². The third-order valence-electron chi connectivity index (χ3n) is 5.27. The highest BCUT2D eigenvalue weighted by Crippen LogP contribution is 2.25. The SMILES string of the molecule is COc1ccc(C[NH+]2CC[NH+](Cc3ccc(OC)c(Br)c3)CC2)c(OC)c1.